The smallest absolute Gasteiger partial charge is 0.405 e. The fourth-order valence-corrected chi connectivity index (χ4v) is 3.89. The number of nitrogens with zero attached hydrogens (tertiary/aromatic N) is 3. The van der Waals surface area contributed by atoms with Crippen LogP contribution in [0.5, 0.6) is 0 Å². The average molecular weight is 357 g/mol. The number of likely N-dealkylation sites (tertiary alicyclic amines) is 1. The number of carbonyl (C=O) groups is 1. The van der Waals surface area contributed by atoms with E-state index in [4.69, 9.17) is 16.7 Å². The zero-order chi connectivity index (χ0) is 18.1. The van der Waals surface area contributed by atoms with Crippen LogP contribution >= 0.6 is 11.6 Å². The third kappa shape index (κ3) is 3.72. The van der Waals surface area contributed by atoms with E-state index in [1.54, 1.807) is 13.1 Å². The quantitative estimate of drug-likeness (QED) is 0.572. The first-order valence-corrected chi connectivity index (χ1v) is 8.55. The first kappa shape index (κ1) is 18.7. The third-order valence-electron chi connectivity index (χ3n) is 4.80. The molecule has 0 radical (unpaired) electrons. The van der Waals surface area contributed by atoms with Crippen LogP contribution < -0.4 is 15.1 Å². The molecule has 1 aliphatic rings. The minimum Gasteiger partial charge on any atom is -0.465 e. The van der Waals surface area contributed by atoms with Crippen molar-refractivity contribution in [2.75, 3.05) is 25.5 Å². The van der Waals surface area contributed by atoms with E-state index in [9.17, 15) is 4.79 Å². The Morgan fingerprint density at radius 2 is 2.04 bits per heavy atom. The van der Waals surface area contributed by atoms with Gasteiger partial charge in [0.15, 0.2) is 0 Å². The highest BCUT2D eigenvalue weighted by Gasteiger charge is 2.50. The molecule has 8 heteroatoms. The Hall–Kier alpha value is -1.60. The van der Waals surface area contributed by atoms with Gasteiger partial charge in [0.25, 0.3) is 0 Å². The number of nitrogens with one attached hydrogen (secondary N) is 2. The average Bonchev–Trinajstić information content (AvgIpc) is 2.43. The molecule has 1 aromatic rings. The van der Waals surface area contributed by atoms with Gasteiger partial charge in [0.05, 0.1) is 24.2 Å². The molecule has 1 fully saturated rings. The molecular formula is C16H27ClN5O2+. The summed E-state index contributed by atoms with van der Waals surface area (Å²) < 4.78 is 0.552. The summed E-state index contributed by atoms with van der Waals surface area (Å²) >= 11 is 6.21. The molecule has 1 aromatic heterocycles. The number of amides is 1. The van der Waals surface area contributed by atoms with Crippen LogP contribution in [0.4, 0.5) is 16.6 Å². The second-order valence-electron chi connectivity index (χ2n) is 7.61. The van der Waals surface area contributed by atoms with Gasteiger partial charge in [-0.2, -0.15) is 4.98 Å². The fraction of sp³-hybridized carbons (Fsp3) is 0.688. The van der Waals surface area contributed by atoms with Gasteiger partial charge in [-0.3, -0.25) is 4.48 Å². The molecule has 1 unspecified atom stereocenters. The number of anilines is 1. The van der Waals surface area contributed by atoms with Crippen LogP contribution in [0.25, 0.3) is 0 Å². The summed E-state index contributed by atoms with van der Waals surface area (Å²) in [6.07, 6.45) is -0.169. The Bertz CT molecular complexity index is 619. The summed E-state index contributed by atoms with van der Waals surface area (Å²) in [4.78, 5) is 20.0. The maximum Gasteiger partial charge on any atom is 0.405 e. The largest absolute Gasteiger partial charge is 0.465 e. The van der Waals surface area contributed by atoms with E-state index in [0.29, 0.717) is 28.0 Å². The van der Waals surface area contributed by atoms with Crippen molar-refractivity contribution in [1.29, 1.82) is 0 Å². The van der Waals surface area contributed by atoms with Crippen molar-refractivity contribution in [3.05, 3.63) is 11.2 Å². The summed E-state index contributed by atoms with van der Waals surface area (Å²) in [5.41, 5.74) is -0.171. The van der Waals surface area contributed by atoms with E-state index in [0.717, 1.165) is 18.8 Å². The molecule has 0 aliphatic carbocycles. The number of rotatable bonds is 3. The number of quaternary nitrogens is 1. The van der Waals surface area contributed by atoms with Gasteiger partial charge in [0.2, 0.25) is 11.8 Å². The molecule has 1 saturated heterocycles. The van der Waals surface area contributed by atoms with Gasteiger partial charge in [0, 0.05) is 13.0 Å². The van der Waals surface area contributed by atoms with Gasteiger partial charge in [-0.15, -0.1) is 0 Å². The molecule has 3 N–H and O–H groups in total. The van der Waals surface area contributed by atoms with Gasteiger partial charge >= 0.3 is 6.09 Å². The summed E-state index contributed by atoms with van der Waals surface area (Å²) in [6.45, 7) is 10.1. The molecule has 134 valence electrons. The van der Waals surface area contributed by atoms with Crippen LogP contribution in [0.3, 0.4) is 0 Å². The molecule has 1 aliphatic heterocycles. The van der Waals surface area contributed by atoms with Gasteiger partial charge in [0.1, 0.15) is 11.7 Å². The van der Waals surface area contributed by atoms with Crippen LogP contribution in [-0.2, 0) is 0 Å². The molecule has 0 spiro atoms. The van der Waals surface area contributed by atoms with Crippen molar-refractivity contribution in [3.63, 3.8) is 0 Å². The lowest BCUT2D eigenvalue weighted by atomic mass is 9.87. The highest BCUT2D eigenvalue weighted by atomic mass is 35.5. The second kappa shape index (κ2) is 6.72. The van der Waals surface area contributed by atoms with E-state index in [1.807, 2.05) is 0 Å². The van der Waals surface area contributed by atoms with E-state index in [1.165, 1.54) is 0 Å². The number of aromatic nitrogens is 2. The molecule has 0 aromatic carbocycles. The van der Waals surface area contributed by atoms with Crippen molar-refractivity contribution >= 4 is 29.5 Å². The van der Waals surface area contributed by atoms with E-state index in [-0.39, 0.29) is 11.6 Å². The monoisotopic (exact) mass is 356 g/mol. The molecule has 1 amide bonds. The second-order valence-corrected chi connectivity index (χ2v) is 8.00. The number of carboxylic acid groups (broad SMARTS) is 1. The topological polar surface area (TPSA) is 87.1 Å². The zero-order valence-corrected chi connectivity index (χ0v) is 15.7. The minimum absolute atomic E-state index is 0.128. The molecule has 3 atom stereocenters. The zero-order valence-electron chi connectivity index (χ0n) is 14.9. The van der Waals surface area contributed by atoms with E-state index >= 15 is 0 Å². The standard InChI is InChI=1S/C16H26ClN5O2/c1-10-6-11(19-15(23)24)9-22(8-10,16(2,3)4)13-7-12(17)20-14(18-5)21-13/h7,10-11,19H,6,8-9H2,1-5H3,(H-,18,20,21,23,24)/p+1/t10-,11-,22?/m1/s1. The molecule has 2 heterocycles. The summed E-state index contributed by atoms with van der Waals surface area (Å²) in [6, 6.07) is 1.67. The Kier molecular flexibility index (Phi) is 5.25. The van der Waals surface area contributed by atoms with Crippen LogP contribution in [0.15, 0.2) is 6.07 Å². The summed E-state index contributed by atoms with van der Waals surface area (Å²) in [5.74, 6) is 1.64. The Labute approximate surface area is 148 Å². The SMILES string of the molecule is CNc1nc(Cl)cc([N+]2(C(C)(C)C)C[C@H](C)C[C@@H](NC(=O)O)C2)n1. The van der Waals surface area contributed by atoms with Crippen molar-refractivity contribution in [1.82, 2.24) is 19.8 Å². The maximum atomic E-state index is 11.2. The van der Waals surface area contributed by atoms with Gasteiger partial charge < -0.3 is 15.7 Å². The number of halogens is 1. The number of hydrogen-bond donors (Lipinski definition) is 3. The van der Waals surface area contributed by atoms with Crippen LogP contribution in [-0.4, -0.2) is 52.9 Å². The Morgan fingerprint density at radius 3 is 2.58 bits per heavy atom. The van der Waals surface area contributed by atoms with Crippen LogP contribution in [0.1, 0.15) is 34.1 Å². The summed E-state index contributed by atoms with van der Waals surface area (Å²) in [5, 5.41) is 15.1. The highest BCUT2D eigenvalue weighted by Crippen LogP contribution is 2.38. The lowest BCUT2D eigenvalue weighted by Gasteiger charge is -2.52. The lowest BCUT2D eigenvalue weighted by Crippen LogP contribution is -2.70. The van der Waals surface area contributed by atoms with Gasteiger partial charge in [-0.1, -0.05) is 18.5 Å². The predicted molar refractivity (Wildman–Crippen MR) is 96.6 cm³/mol. The summed E-state index contributed by atoms with van der Waals surface area (Å²) in [7, 11) is 1.75. The molecule has 2 rings (SSSR count). The minimum atomic E-state index is -0.988. The number of piperidine rings is 1. The first-order chi connectivity index (χ1) is 11.1. The van der Waals surface area contributed by atoms with E-state index in [2.05, 4.69) is 48.3 Å². The fourth-order valence-electron chi connectivity index (χ4n) is 3.71. The van der Waals surface area contributed by atoms with Crippen molar-refractivity contribution in [2.45, 2.75) is 45.7 Å². The van der Waals surface area contributed by atoms with Crippen LogP contribution in [0, 0.1) is 5.92 Å². The first-order valence-electron chi connectivity index (χ1n) is 8.17. The van der Waals surface area contributed by atoms with Crippen molar-refractivity contribution in [2.24, 2.45) is 5.92 Å². The van der Waals surface area contributed by atoms with Crippen LogP contribution in [0.2, 0.25) is 5.15 Å². The molecule has 0 bridgehead atoms. The number of hydrogen-bond acceptors (Lipinski definition) is 4. The van der Waals surface area contributed by atoms with Crippen molar-refractivity contribution in [3.8, 4) is 0 Å². The third-order valence-corrected chi connectivity index (χ3v) is 4.99. The molecular weight excluding hydrogens is 330 g/mol. The Morgan fingerprint density at radius 1 is 1.38 bits per heavy atom. The molecule has 0 saturated carbocycles. The highest BCUT2D eigenvalue weighted by molar-refractivity contribution is 6.29. The van der Waals surface area contributed by atoms with Gasteiger partial charge in [-0.25, -0.2) is 9.78 Å². The normalized spacial score (nSPS) is 27.6. The van der Waals surface area contributed by atoms with E-state index < -0.39 is 6.09 Å². The van der Waals surface area contributed by atoms with Crippen molar-refractivity contribution < 1.29 is 9.90 Å². The van der Waals surface area contributed by atoms with Gasteiger partial charge in [-0.05, 0) is 27.2 Å². The maximum absolute atomic E-state index is 11.2. The lowest BCUT2D eigenvalue weighted by molar-refractivity contribution is 0.0651. The molecule has 24 heavy (non-hydrogen) atoms. The molecule has 7 nitrogen and oxygen atoms in total. The Balaban J connectivity index is 2.54. The predicted octanol–water partition coefficient (Wildman–Crippen LogP) is 2.95.